The maximum atomic E-state index is 13.2. The average Bonchev–Trinajstić information content (AvgIpc) is 3.48. The van der Waals surface area contributed by atoms with Crippen LogP contribution in [-0.2, 0) is 6.54 Å². The number of nitrogens with zero attached hydrogens (tertiary/aromatic N) is 6. The van der Waals surface area contributed by atoms with E-state index in [1.54, 1.807) is 6.33 Å². The summed E-state index contributed by atoms with van der Waals surface area (Å²) in [6.45, 7) is 4.69. The first kappa shape index (κ1) is 21.1. The van der Waals surface area contributed by atoms with Crippen LogP contribution in [0.5, 0.6) is 0 Å². The normalized spacial score (nSPS) is 20.5. The molecule has 4 heterocycles. The first-order valence-electron chi connectivity index (χ1n) is 11.6. The highest BCUT2D eigenvalue weighted by atomic mass is 16.2. The van der Waals surface area contributed by atoms with E-state index in [4.69, 9.17) is 0 Å². The highest BCUT2D eigenvalue weighted by molar-refractivity contribution is 5.98. The van der Waals surface area contributed by atoms with Crippen LogP contribution in [0.15, 0.2) is 48.9 Å². The summed E-state index contributed by atoms with van der Waals surface area (Å²) in [5.74, 6) is 0.453. The van der Waals surface area contributed by atoms with Crippen LogP contribution in [0.1, 0.15) is 46.9 Å². The summed E-state index contributed by atoms with van der Waals surface area (Å²) in [5.41, 5.74) is 3.75. The van der Waals surface area contributed by atoms with Gasteiger partial charge in [0.2, 0.25) is 0 Å². The average molecular weight is 433 g/mol. The lowest BCUT2D eigenvalue weighted by molar-refractivity contribution is 0.0779. The molecule has 0 aliphatic carbocycles. The Morgan fingerprint density at radius 1 is 1.03 bits per heavy atom. The van der Waals surface area contributed by atoms with Gasteiger partial charge in [0.1, 0.15) is 6.33 Å². The van der Waals surface area contributed by atoms with Crippen molar-refractivity contribution in [1.29, 1.82) is 0 Å². The summed E-state index contributed by atoms with van der Waals surface area (Å²) in [5, 5.41) is 0. The number of carbonyl (C=O) groups is 1. The van der Waals surface area contributed by atoms with Gasteiger partial charge in [-0.3, -0.25) is 14.1 Å². The highest BCUT2D eigenvalue weighted by Gasteiger charge is 2.31. The Hall–Kier alpha value is -2.77. The molecular weight excluding hydrogens is 400 g/mol. The van der Waals surface area contributed by atoms with Crippen molar-refractivity contribution in [1.82, 2.24) is 29.1 Å². The van der Waals surface area contributed by atoms with Gasteiger partial charge in [0.05, 0.1) is 0 Å². The lowest BCUT2D eigenvalue weighted by atomic mass is 9.93. The number of hydrogen-bond donors (Lipinski definition) is 0. The largest absolute Gasteiger partial charge is 0.336 e. The fourth-order valence-electron chi connectivity index (χ4n) is 5.13. The first-order valence-corrected chi connectivity index (χ1v) is 11.6. The molecule has 2 aliphatic rings. The second-order valence-electron chi connectivity index (χ2n) is 9.35. The summed E-state index contributed by atoms with van der Waals surface area (Å²) in [6.07, 6.45) is 6.84. The summed E-state index contributed by atoms with van der Waals surface area (Å²) in [4.78, 5) is 28.9. The molecule has 2 aromatic heterocycles. The molecule has 1 amide bonds. The Morgan fingerprint density at radius 3 is 2.53 bits per heavy atom. The minimum Gasteiger partial charge on any atom is -0.336 e. The molecule has 3 aromatic rings. The molecule has 0 saturated carbocycles. The third kappa shape index (κ3) is 4.14. The zero-order valence-electron chi connectivity index (χ0n) is 19.0. The number of imidazole rings is 1. The second-order valence-corrected chi connectivity index (χ2v) is 9.35. The van der Waals surface area contributed by atoms with Crippen LogP contribution in [0.2, 0.25) is 0 Å². The van der Waals surface area contributed by atoms with Gasteiger partial charge in [-0.2, -0.15) is 0 Å². The molecule has 5 rings (SSSR count). The van der Waals surface area contributed by atoms with Gasteiger partial charge in [0.25, 0.3) is 5.91 Å². The van der Waals surface area contributed by atoms with Crippen LogP contribution in [-0.4, -0.2) is 81.3 Å². The minimum absolute atomic E-state index is 0.000759. The number of rotatable bonds is 5. The van der Waals surface area contributed by atoms with Gasteiger partial charge in [-0.25, -0.2) is 9.97 Å². The molecule has 2 fully saturated rings. The maximum absolute atomic E-state index is 13.2. The number of amides is 1. The molecule has 7 nitrogen and oxygen atoms in total. The summed E-state index contributed by atoms with van der Waals surface area (Å²) in [7, 11) is 4.15. The number of hydrogen-bond acceptors (Lipinski definition) is 5. The van der Waals surface area contributed by atoms with Crippen molar-refractivity contribution in [3.8, 4) is 0 Å². The number of fused-ring (bicyclic) bond motifs is 1. The first-order chi connectivity index (χ1) is 15.6. The number of benzene rings is 1. The van der Waals surface area contributed by atoms with E-state index >= 15 is 0 Å². The number of carbonyl (C=O) groups excluding carboxylic acids is 1. The Morgan fingerprint density at radius 2 is 1.81 bits per heavy atom. The molecule has 1 aromatic carbocycles. The van der Waals surface area contributed by atoms with Crippen molar-refractivity contribution >= 4 is 11.6 Å². The summed E-state index contributed by atoms with van der Waals surface area (Å²) < 4.78 is 2.05. The fourth-order valence-corrected chi connectivity index (χ4v) is 5.13. The molecule has 168 valence electrons. The maximum Gasteiger partial charge on any atom is 0.276 e. The van der Waals surface area contributed by atoms with Crippen LogP contribution in [0.3, 0.4) is 0 Å². The van der Waals surface area contributed by atoms with Gasteiger partial charge in [0, 0.05) is 43.5 Å². The molecule has 0 radical (unpaired) electrons. The highest BCUT2D eigenvalue weighted by Crippen LogP contribution is 2.29. The standard InChI is InChI=1S/C25H32N6O/c1-28(2)21-11-15-30(17-21)25(32)23-24-26-12-8-22(31(24)18-27-23)20-9-13-29(14-10-20)16-19-6-4-3-5-7-19/h3-8,12,18,20-21H,9-11,13-17H2,1-2H3. The smallest absolute Gasteiger partial charge is 0.276 e. The van der Waals surface area contributed by atoms with Crippen LogP contribution >= 0.6 is 0 Å². The third-order valence-corrected chi connectivity index (χ3v) is 7.10. The minimum atomic E-state index is -0.000759. The van der Waals surface area contributed by atoms with Crippen molar-refractivity contribution < 1.29 is 4.79 Å². The number of likely N-dealkylation sites (tertiary alicyclic amines) is 2. The molecule has 0 spiro atoms. The Balaban J connectivity index is 1.29. The van der Waals surface area contributed by atoms with Crippen LogP contribution < -0.4 is 0 Å². The van der Waals surface area contributed by atoms with E-state index in [1.165, 1.54) is 11.3 Å². The fraction of sp³-hybridized carbons (Fsp3) is 0.480. The van der Waals surface area contributed by atoms with E-state index in [9.17, 15) is 4.79 Å². The molecule has 7 heteroatoms. The van der Waals surface area contributed by atoms with Crippen molar-refractivity contribution in [2.24, 2.45) is 0 Å². The van der Waals surface area contributed by atoms with Gasteiger partial charge >= 0.3 is 0 Å². The van der Waals surface area contributed by atoms with Gasteiger partial charge < -0.3 is 9.80 Å². The van der Waals surface area contributed by atoms with Crippen LogP contribution in [0, 0.1) is 0 Å². The number of piperidine rings is 1. The van der Waals surface area contributed by atoms with Gasteiger partial charge in [-0.1, -0.05) is 30.3 Å². The topological polar surface area (TPSA) is 57.0 Å². The van der Waals surface area contributed by atoms with E-state index in [0.29, 0.717) is 23.3 Å². The Bertz CT molecular complexity index is 1070. The van der Waals surface area contributed by atoms with E-state index < -0.39 is 0 Å². The molecule has 0 bridgehead atoms. The van der Waals surface area contributed by atoms with Crippen LogP contribution in [0.4, 0.5) is 0 Å². The van der Waals surface area contributed by atoms with Crippen molar-refractivity contribution in [2.45, 2.75) is 37.8 Å². The third-order valence-electron chi connectivity index (χ3n) is 7.10. The van der Waals surface area contributed by atoms with E-state index in [-0.39, 0.29) is 5.91 Å². The predicted molar refractivity (Wildman–Crippen MR) is 125 cm³/mol. The van der Waals surface area contributed by atoms with E-state index in [2.05, 4.69) is 70.3 Å². The molecule has 2 saturated heterocycles. The summed E-state index contributed by atoms with van der Waals surface area (Å²) >= 11 is 0. The van der Waals surface area contributed by atoms with Gasteiger partial charge in [-0.15, -0.1) is 0 Å². The van der Waals surface area contributed by atoms with Crippen molar-refractivity contribution in [2.75, 3.05) is 40.3 Å². The van der Waals surface area contributed by atoms with Gasteiger partial charge in [-0.05, 0) is 58.1 Å². The molecular formula is C25H32N6O. The van der Waals surface area contributed by atoms with Crippen molar-refractivity contribution in [3.63, 3.8) is 0 Å². The Labute approximate surface area is 189 Å². The molecule has 0 N–H and O–H groups in total. The SMILES string of the molecule is CN(C)C1CCN(C(=O)c2ncn3c(C4CCN(Cc5ccccc5)CC4)ccnc23)C1. The predicted octanol–water partition coefficient (Wildman–Crippen LogP) is 2.89. The molecule has 1 unspecified atom stereocenters. The zero-order chi connectivity index (χ0) is 22.1. The van der Waals surface area contributed by atoms with E-state index in [0.717, 1.165) is 52.0 Å². The number of aromatic nitrogens is 3. The molecule has 1 atom stereocenters. The molecule has 2 aliphatic heterocycles. The zero-order valence-corrected chi connectivity index (χ0v) is 19.0. The van der Waals surface area contributed by atoms with Crippen LogP contribution in [0.25, 0.3) is 5.65 Å². The molecule has 32 heavy (non-hydrogen) atoms. The second kappa shape index (κ2) is 9.00. The lowest BCUT2D eigenvalue weighted by Crippen LogP contribution is -2.34. The lowest BCUT2D eigenvalue weighted by Gasteiger charge is -2.32. The van der Waals surface area contributed by atoms with E-state index in [1.807, 2.05) is 15.5 Å². The monoisotopic (exact) mass is 432 g/mol. The summed E-state index contributed by atoms with van der Waals surface area (Å²) in [6, 6.07) is 13.2. The quantitative estimate of drug-likeness (QED) is 0.621. The number of likely N-dealkylation sites (N-methyl/N-ethyl adjacent to an activating group) is 1. The van der Waals surface area contributed by atoms with Crippen molar-refractivity contribution in [3.05, 3.63) is 65.9 Å². The Kier molecular flexibility index (Phi) is 5.93. The van der Waals surface area contributed by atoms with Gasteiger partial charge in [0.15, 0.2) is 11.3 Å².